The summed E-state index contributed by atoms with van der Waals surface area (Å²) in [6.45, 7) is 3.23. The van der Waals surface area contributed by atoms with Crippen molar-refractivity contribution in [1.82, 2.24) is 5.32 Å². The van der Waals surface area contributed by atoms with E-state index in [0.717, 1.165) is 24.6 Å². The Morgan fingerprint density at radius 2 is 1.94 bits per heavy atom. The van der Waals surface area contributed by atoms with Gasteiger partial charge in [-0.2, -0.15) is 0 Å². The average molecular weight is 225 g/mol. The monoisotopic (exact) mass is 225 g/mol. The normalized spacial score (nSPS) is 25.7. The quantitative estimate of drug-likeness (QED) is 0.816. The largest absolute Gasteiger partial charge is 0.314 e. The SMILES string of the molecule is CC1CCNC(Cc2cc(F)cc(F)c2)C1. The number of nitrogens with one attached hydrogen (secondary N) is 1. The minimum atomic E-state index is -0.487. The highest BCUT2D eigenvalue weighted by molar-refractivity contribution is 5.19. The number of halogens is 2. The fraction of sp³-hybridized carbons (Fsp3) is 0.538. The molecule has 0 saturated carbocycles. The molecule has 1 aliphatic heterocycles. The molecule has 1 nitrogen and oxygen atoms in total. The highest BCUT2D eigenvalue weighted by atomic mass is 19.1. The smallest absolute Gasteiger partial charge is 0.126 e. The van der Waals surface area contributed by atoms with E-state index in [2.05, 4.69) is 12.2 Å². The van der Waals surface area contributed by atoms with E-state index >= 15 is 0 Å². The van der Waals surface area contributed by atoms with Gasteiger partial charge < -0.3 is 5.32 Å². The van der Waals surface area contributed by atoms with Crippen molar-refractivity contribution in [2.45, 2.75) is 32.2 Å². The first-order chi connectivity index (χ1) is 7.63. The van der Waals surface area contributed by atoms with Crippen molar-refractivity contribution in [3.8, 4) is 0 Å². The summed E-state index contributed by atoms with van der Waals surface area (Å²) in [5.41, 5.74) is 0.740. The molecule has 0 spiro atoms. The van der Waals surface area contributed by atoms with Crippen LogP contribution in [0, 0.1) is 17.6 Å². The van der Waals surface area contributed by atoms with E-state index in [1.165, 1.54) is 18.6 Å². The predicted octanol–water partition coefficient (Wildman–Crippen LogP) is 2.90. The molecule has 3 heteroatoms. The Labute approximate surface area is 94.9 Å². The van der Waals surface area contributed by atoms with Gasteiger partial charge in [-0.15, -0.1) is 0 Å². The number of hydrogen-bond acceptors (Lipinski definition) is 1. The Morgan fingerprint density at radius 3 is 2.56 bits per heavy atom. The highest BCUT2D eigenvalue weighted by Crippen LogP contribution is 2.19. The third-order valence-corrected chi connectivity index (χ3v) is 3.16. The first-order valence-electron chi connectivity index (χ1n) is 5.82. The van der Waals surface area contributed by atoms with Gasteiger partial charge in [0.2, 0.25) is 0 Å². The van der Waals surface area contributed by atoms with Gasteiger partial charge in [-0.1, -0.05) is 6.92 Å². The topological polar surface area (TPSA) is 12.0 Å². The number of piperidine rings is 1. The summed E-state index contributed by atoms with van der Waals surface area (Å²) in [4.78, 5) is 0. The number of hydrogen-bond donors (Lipinski definition) is 1. The first-order valence-corrected chi connectivity index (χ1v) is 5.82. The van der Waals surface area contributed by atoms with Crippen LogP contribution in [0.15, 0.2) is 18.2 Å². The van der Waals surface area contributed by atoms with E-state index in [1.807, 2.05) is 0 Å². The van der Waals surface area contributed by atoms with Crippen molar-refractivity contribution in [3.63, 3.8) is 0 Å². The van der Waals surface area contributed by atoms with E-state index in [1.54, 1.807) is 0 Å². The van der Waals surface area contributed by atoms with Crippen LogP contribution >= 0.6 is 0 Å². The van der Waals surface area contributed by atoms with Crippen LogP contribution in [0.1, 0.15) is 25.3 Å². The molecule has 88 valence electrons. The molecule has 1 fully saturated rings. The Bertz CT molecular complexity index is 345. The Balaban J connectivity index is 2.02. The van der Waals surface area contributed by atoms with Gasteiger partial charge in [0.25, 0.3) is 0 Å². The molecule has 0 aromatic heterocycles. The van der Waals surface area contributed by atoms with Crippen LogP contribution in [-0.2, 0) is 6.42 Å². The predicted molar refractivity (Wildman–Crippen MR) is 60.3 cm³/mol. The lowest BCUT2D eigenvalue weighted by Gasteiger charge is -2.28. The van der Waals surface area contributed by atoms with Crippen molar-refractivity contribution in [3.05, 3.63) is 35.4 Å². The van der Waals surface area contributed by atoms with Gasteiger partial charge in [0, 0.05) is 12.1 Å². The summed E-state index contributed by atoms with van der Waals surface area (Å²) in [5, 5.41) is 3.39. The van der Waals surface area contributed by atoms with Crippen LogP contribution in [0.3, 0.4) is 0 Å². The second-order valence-corrected chi connectivity index (χ2v) is 4.76. The molecule has 0 bridgehead atoms. The third-order valence-electron chi connectivity index (χ3n) is 3.16. The summed E-state index contributed by atoms with van der Waals surface area (Å²) in [7, 11) is 0. The van der Waals surface area contributed by atoms with Crippen LogP contribution in [0.2, 0.25) is 0 Å². The van der Waals surface area contributed by atoms with Crippen molar-refractivity contribution in [2.75, 3.05) is 6.54 Å². The fourth-order valence-electron chi connectivity index (χ4n) is 2.39. The standard InChI is InChI=1S/C13H17F2N/c1-9-2-3-16-13(4-9)7-10-5-11(14)8-12(15)6-10/h5-6,8-9,13,16H,2-4,7H2,1H3. The molecule has 1 N–H and O–H groups in total. The van der Waals surface area contributed by atoms with Gasteiger partial charge in [0.15, 0.2) is 0 Å². The van der Waals surface area contributed by atoms with Gasteiger partial charge >= 0.3 is 0 Å². The summed E-state index contributed by atoms with van der Waals surface area (Å²) in [5.74, 6) is -0.276. The molecule has 0 radical (unpaired) electrons. The van der Waals surface area contributed by atoms with Gasteiger partial charge in [0.1, 0.15) is 11.6 Å². The van der Waals surface area contributed by atoms with E-state index in [9.17, 15) is 8.78 Å². The number of rotatable bonds is 2. The molecular weight excluding hydrogens is 208 g/mol. The molecule has 1 aromatic carbocycles. The Hall–Kier alpha value is -0.960. The van der Waals surface area contributed by atoms with E-state index < -0.39 is 11.6 Å². The minimum Gasteiger partial charge on any atom is -0.314 e. The molecule has 1 aromatic rings. The van der Waals surface area contributed by atoms with E-state index in [0.29, 0.717) is 18.4 Å². The summed E-state index contributed by atoms with van der Waals surface area (Å²) < 4.78 is 26.0. The molecular formula is C13H17F2N. The van der Waals surface area contributed by atoms with Crippen molar-refractivity contribution in [2.24, 2.45) is 5.92 Å². The van der Waals surface area contributed by atoms with Gasteiger partial charge in [-0.25, -0.2) is 8.78 Å². The molecule has 2 atom stereocenters. The second kappa shape index (κ2) is 4.91. The first kappa shape index (κ1) is 11.5. The van der Waals surface area contributed by atoms with Crippen LogP contribution in [0.4, 0.5) is 8.78 Å². The molecule has 0 aliphatic carbocycles. The van der Waals surface area contributed by atoms with Crippen LogP contribution in [0.25, 0.3) is 0 Å². The molecule has 16 heavy (non-hydrogen) atoms. The Morgan fingerprint density at radius 1 is 1.25 bits per heavy atom. The fourth-order valence-corrected chi connectivity index (χ4v) is 2.39. The van der Waals surface area contributed by atoms with Crippen molar-refractivity contribution >= 4 is 0 Å². The summed E-state index contributed by atoms with van der Waals surface area (Å²) >= 11 is 0. The zero-order valence-electron chi connectivity index (χ0n) is 9.47. The summed E-state index contributed by atoms with van der Waals surface area (Å²) in [6, 6.07) is 4.11. The zero-order valence-corrected chi connectivity index (χ0v) is 9.47. The van der Waals surface area contributed by atoms with E-state index in [-0.39, 0.29) is 0 Å². The zero-order chi connectivity index (χ0) is 11.5. The maximum Gasteiger partial charge on any atom is 0.126 e. The molecule has 1 aliphatic rings. The molecule has 2 rings (SSSR count). The van der Waals surface area contributed by atoms with Gasteiger partial charge in [0.05, 0.1) is 0 Å². The lowest BCUT2D eigenvalue weighted by atomic mass is 9.90. The Kier molecular flexibility index (Phi) is 3.54. The molecule has 2 unspecified atom stereocenters. The molecule has 0 amide bonds. The maximum absolute atomic E-state index is 13.0. The lowest BCUT2D eigenvalue weighted by Crippen LogP contribution is -2.38. The van der Waals surface area contributed by atoms with Crippen LogP contribution < -0.4 is 5.32 Å². The van der Waals surface area contributed by atoms with Crippen molar-refractivity contribution in [1.29, 1.82) is 0 Å². The molecule has 1 heterocycles. The minimum absolute atomic E-state index is 0.352. The van der Waals surface area contributed by atoms with Gasteiger partial charge in [-0.3, -0.25) is 0 Å². The highest BCUT2D eigenvalue weighted by Gasteiger charge is 2.18. The lowest BCUT2D eigenvalue weighted by molar-refractivity contribution is 0.318. The maximum atomic E-state index is 13.0. The second-order valence-electron chi connectivity index (χ2n) is 4.76. The average Bonchev–Trinajstić information content (AvgIpc) is 2.15. The van der Waals surface area contributed by atoms with E-state index in [4.69, 9.17) is 0 Å². The van der Waals surface area contributed by atoms with Crippen molar-refractivity contribution < 1.29 is 8.78 Å². The number of benzene rings is 1. The van der Waals surface area contributed by atoms with Gasteiger partial charge in [-0.05, 0) is 49.4 Å². The summed E-state index contributed by atoms with van der Waals surface area (Å²) in [6.07, 6.45) is 2.98. The van der Waals surface area contributed by atoms with Crippen LogP contribution in [0.5, 0.6) is 0 Å². The van der Waals surface area contributed by atoms with Crippen LogP contribution in [-0.4, -0.2) is 12.6 Å². The third kappa shape index (κ3) is 3.01. The molecule has 1 saturated heterocycles.